The summed E-state index contributed by atoms with van der Waals surface area (Å²) in [5.41, 5.74) is 4.66. The fourth-order valence-electron chi connectivity index (χ4n) is 4.26. The van der Waals surface area contributed by atoms with Crippen LogP contribution >= 0.6 is 12.6 Å². The van der Waals surface area contributed by atoms with Gasteiger partial charge < -0.3 is 15.2 Å². The summed E-state index contributed by atoms with van der Waals surface area (Å²) >= 11 is 4.21. The number of anilines is 2. The molecule has 186 valence electrons. The van der Waals surface area contributed by atoms with E-state index in [9.17, 15) is 23.1 Å². The number of hydrogen-bond acceptors (Lipinski definition) is 5. The van der Waals surface area contributed by atoms with E-state index in [1.807, 2.05) is 43.3 Å². The van der Waals surface area contributed by atoms with Crippen LogP contribution in [-0.4, -0.2) is 22.4 Å². The highest BCUT2D eigenvalue weighted by atomic mass is 32.1. The van der Waals surface area contributed by atoms with Crippen molar-refractivity contribution in [3.63, 3.8) is 0 Å². The average Bonchev–Trinajstić information content (AvgIpc) is 2.83. The molecule has 9 heteroatoms. The summed E-state index contributed by atoms with van der Waals surface area (Å²) in [6.45, 7) is 1.87. The van der Waals surface area contributed by atoms with Gasteiger partial charge in [-0.15, -0.1) is 25.8 Å². The van der Waals surface area contributed by atoms with Crippen molar-refractivity contribution in [1.29, 1.82) is 0 Å². The summed E-state index contributed by atoms with van der Waals surface area (Å²) in [7, 11) is 0. The zero-order valence-corrected chi connectivity index (χ0v) is 20.2. The molecule has 5 nitrogen and oxygen atoms in total. The Hall–Kier alpha value is -4.24. The lowest BCUT2D eigenvalue weighted by Gasteiger charge is -2.14. The maximum absolute atomic E-state index is 12.7. The third kappa shape index (κ3) is 5.17. The number of carboxylic acid groups (broad SMARTS) is 1. The molecular weight excluding hydrogens is 501 g/mol. The van der Waals surface area contributed by atoms with Gasteiger partial charge in [0.15, 0.2) is 0 Å². The molecule has 0 fully saturated rings. The van der Waals surface area contributed by atoms with E-state index in [-0.39, 0.29) is 11.3 Å². The number of carbonyl (C=O) groups is 1. The molecule has 1 aromatic heterocycles. The lowest BCUT2D eigenvalue weighted by atomic mass is 9.97. The number of carboxylic acids is 1. The molecule has 5 rings (SSSR count). The Morgan fingerprint density at radius 3 is 2.51 bits per heavy atom. The van der Waals surface area contributed by atoms with Crippen LogP contribution in [0.15, 0.2) is 83.8 Å². The summed E-state index contributed by atoms with van der Waals surface area (Å²) in [4.78, 5) is 17.0. The van der Waals surface area contributed by atoms with Crippen LogP contribution in [-0.2, 0) is 0 Å². The fourth-order valence-corrected chi connectivity index (χ4v) is 4.47. The van der Waals surface area contributed by atoms with E-state index in [4.69, 9.17) is 4.98 Å². The van der Waals surface area contributed by atoms with Crippen molar-refractivity contribution in [3.05, 3.63) is 90.0 Å². The molecule has 0 amide bonds. The Balaban J connectivity index is 1.55. The molecule has 5 aromatic rings. The largest absolute Gasteiger partial charge is 0.573 e. The predicted molar refractivity (Wildman–Crippen MR) is 140 cm³/mol. The minimum Gasteiger partial charge on any atom is -0.478 e. The van der Waals surface area contributed by atoms with Crippen molar-refractivity contribution in [3.8, 4) is 16.9 Å². The van der Waals surface area contributed by atoms with Gasteiger partial charge in [-0.3, -0.25) is 0 Å². The third-order valence-electron chi connectivity index (χ3n) is 5.93. The van der Waals surface area contributed by atoms with Gasteiger partial charge in [0.05, 0.1) is 22.3 Å². The molecule has 0 spiro atoms. The first-order valence-corrected chi connectivity index (χ1v) is 11.6. The van der Waals surface area contributed by atoms with E-state index in [2.05, 4.69) is 22.7 Å². The number of hydrogen-bond donors (Lipinski definition) is 3. The molecule has 0 unspecified atom stereocenters. The molecule has 0 saturated heterocycles. The molecule has 4 aromatic carbocycles. The normalized spacial score (nSPS) is 11.6. The van der Waals surface area contributed by atoms with Crippen LogP contribution in [0.4, 0.5) is 24.5 Å². The van der Waals surface area contributed by atoms with Crippen LogP contribution in [0.2, 0.25) is 0 Å². The molecule has 0 bridgehead atoms. The number of fused-ring (bicyclic) bond motifs is 2. The van der Waals surface area contributed by atoms with Crippen LogP contribution in [0.5, 0.6) is 5.75 Å². The lowest BCUT2D eigenvalue weighted by Crippen LogP contribution is -2.17. The zero-order chi connectivity index (χ0) is 26.3. The molecule has 0 saturated carbocycles. The number of benzene rings is 4. The molecule has 2 N–H and O–H groups in total. The van der Waals surface area contributed by atoms with E-state index in [1.165, 1.54) is 24.3 Å². The number of rotatable bonds is 5. The van der Waals surface area contributed by atoms with Gasteiger partial charge in [0.1, 0.15) is 5.75 Å². The highest BCUT2D eigenvalue weighted by molar-refractivity contribution is 7.80. The van der Waals surface area contributed by atoms with E-state index in [0.29, 0.717) is 32.9 Å². The quantitative estimate of drug-likeness (QED) is 0.162. The second-order valence-electron chi connectivity index (χ2n) is 8.44. The summed E-state index contributed by atoms with van der Waals surface area (Å²) in [6.07, 6.45) is -4.77. The maximum atomic E-state index is 12.7. The molecule has 0 aliphatic rings. The number of nitrogens with zero attached hydrogens (tertiary/aromatic N) is 1. The Kier molecular flexibility index (Phi) is 6.16. The minimum atomic E-state index is -4.77. The summed E-state index contributed by atoms with van der Waals surface area (Å²) < 4.78 is 42.2. The van der Waals surface area contributed by atoms with Crippen molar-refractivity contribution in [2.45, 2.75) is 18.2 Å². The maximum Gasteiger partial charge on any atom is 0.573 e. The number of aryl methyl sites for hydroxylation is 1. The Morgan fingerprint density at radius 1 is 0.973 bits per heavy atom. The molecule has 0 aliphatic heterocycles. The van der Waals surface area contributed by atoms with Gasteiger partial charge in [-0.25, -0.2) is 9.78 Å². The highest BCUT2D eigenvalue weighted by Crippen LogP contribution is 2.34. The van der Waals surface area contributed by atoms with Crippen molar-refractivity contribution in [2.75, 3.05) is 5.32 Å². The van der Waals surface area contributed by atoms with Crippen LogP contribution in [0.1, 0.15) is 15.9 Å². The Labute approximate surface area is 214 Å². The highest BCUT2D eigenvalue weighted by Gasteiger charge is 2.31. The number of aromatic nitrogens is 1. The Morgan fingerprint density at radius 2 is 1.76 bits per heavy atom. The first-order chi connectivity index (χ1) is 17.6. The van der Waals surface area contributed by atoms with E-state index < -0.39 is 12.3 Å². The number of aromatic carboxylic acids is 1. The third-order valence-corrected chi connectivity index (χ3v) is 6.21. The van der Waals surface area contributed by atoms with Crippen LogP contribution < -0.4 is 10.1 Å². The molecule has 0 radical (unpaired) electrons. The number of nitrogens with one attached hydrogen (secondary N) is 1. The van der Waals surface area contributed by atoms with Crippen LogP contribution in [0.25, 0.3) is 32.9 Å². The Bertz CT molecular complexity index is 1690. The number of ether oxygens (including phenoxy) is 1. The van der Waals surface area contributed by atoms with Gasteiger partial charge in [-0.05, 0) is 72.1 Å². The predicted octanol–water partition coefficient (Wildman–Crippen LogP) is 7.99. The zero-order valence-electron chi connectivity index (χ0n) is 19.3. The van der Waals surface area contributed by atoms with Crippen molar-refractivity contribution in [2.24, 2.45) is 0 Å². The summed E-state index contributed by atoms with van der Waals surface area (Å²) in [6, 6.07) is 21.9. The summed E-state index contributed by atoms with van der Waals surface area (Å²) in [5, 5.41) is 14.4. The summed E-state index contributed by atoms with van der Waals surface area (Å²) in [5.74, 6) is -1.37. The van der Waals surface area contributed by atoms with Crippen molar-refractivity contribution >= 4 is 51.8 Å². The SMILES string of the molecule is Cc1c(-c2cccc(OC(F)(F)F)c2)ccc2cc3ccc(Nc4ccc(S)cc4C(=O)O)cc3nc12. The van der Waals surface area contributed by atoms with Crippen molar-refractivity contribution in [1.82, 2.24) is 4.98 Å². The number of pyridine rings is 1. The molecular formula is C28H19F3N2O3S. The van der Waals surface area contributed by atoms with Gasteiger partial charge in [-0.1, -0.05) is 30.3 Å². The first kappa shape index (κ1) is 24.5. The van der Waals surface area contributed by atoms with E-state index in [1.54, 1.807) is 18.2 Å². The van der Waals surface area contributed by atoms with Gasteiger partial charge in [0.25, 0.3) is 0 Å². The molecule has 37 heavy (non-hydrogen) atoms. The second kappa shape index (κ2) is 9.33. The molecule has 0 atom stereocenters. The van der Waals surface area contributed by atoms with Gasteiger partial charge in [0.2, 0.25) is 0 Å². The standard InChI is InChI=1S/C28H19F3N2O3S/c1-15-22(16-3-2-4-20(12-16)36-28(29,30)31)9-6-18-11-17-5-7-19(13-25(17)33-26(15)18)32-24-10-8-21(37)14-23(24)27(34)35/h2-14,32,37H,1H3,(H,34,35). The van der Waals surface area contributed by atoms with E-state index >= 15 is 0 Å². The topological polar surface area (TPSA) is 71.5 Å². The fraction of sp³-hybridized carbons (Fsp3) is 0.0714. The molecule has 0 aliphatic carbocycles. The van der Waals surface area contributed by atoms with Crippen molar-refractivity contribution < 1.29 is 27.8 Å². The van der Waals surface area contributed by atoms with E-state index in [0.717, 1.165) is 21.9 Å². The second-order valence-corrected chi connectivity index (χ2v) is 8.96. The van der Waals surface area contributed by atoms with Crippen LogP contribution in [0, 0.1) is 6.92 Å². The average molecular weight is 521 g/mol. The van der Waals surface area contributed by atoms with Crippen LogP contribution in [0.3, 0.4) is 0 Å². The number of alkyl halides is 3. The monoisotopic (exact) mass is 520 g/mol. The molecule has 1 heterocycles. The lowest BCUT2D eigenvalue weighted by molar-refractivity contribution is -0.274. The van der Waals surface area contributed by atoms with Gasteiger partial charge in [0, 0.05) is 21.4 Å². The van der Waals surface area contributed by atoms with Gasteiger partial charge in [-0.2, -0.15) is 0 Å². The minimum absolute atomic E-state index is 0.0938. The van der Waals surface area contributed by atoms with Gasteiger partial charge >= 0.3 is 12.3 Å². The number of thiol groups is 1. The first-order valence-electron chi connectivity index (χ1n) is 11.1. The smallest absolute Gasteiger partial charge is 0.478 e. The number of halogens is 3.